The van der Waals surface area contributed by atoms with Crippen LogP contribution in [0.1, 0.15) is 29.1 Å². The summed E-state index contributed by atoms with van der Waals surface area (Å²) in [4.78, 5) is 4.75. The molecule has 1 aromatic heterocycles. The van der Waals surface area contributed by atoms with Crippen LogP contribution in [0.15, 0.2) is 18.2 Å². The van der Waals surface area contributed by atoms with Crippen LogP contribution in [-0.2, 0) is 26.4 Å². The van der Waals surface area contributed by atoms with Crippen molar-refractivity contribution < 1.29 is 0 Å². The molecule has 3 nitrogen and oxygen atoms in total. The summed E-state index contributed by atoms with van der Waals surface area (Å²) in [6.45, 7) is 2.92. The Balaban J connectivity index is 2.09. The number of fused-ring (bicyclic) bond motifs is 1. The highest BCUT2D eigenvalue weighted by Gasteiger charge is 2.16. The van der Waals surface area contributed by atoms with Crippen molar-refractivity contribution in [2.75, 3.05) is 7.05 Å². The minimum Gasteiger partial charge on any atom is -0.334 e. The molecule has 0 amide bonds. The quantitative estimate of drug-likeness (QED) is 0.913. The molecule has 0 aliphatic heterocycles. The number of nitrogens with zero attached hydrogens (tertiary/aromatic N) is 2. The van der Waals surface area contributed by atoms with E-state index in [2.05, 4.69) is 42.1 Å². The predicted octanol–water partition coefficient (Wildman–Crippen LogP) is 2.60. The Morgan fingerprint density at radius 1 is 1.26 bits per heavy atom. The monoisotopic (exact) mass is 255 g/mol. The van der Waals surface area contributed by atoms with Crippen LogP contribution >= 0.6 is 0 Å². The lowest BCUT2D eigenvalue weighted by Crippen LogP contribution is -2.10. The zero-order chi connectivity index (χ0) is 13.4. The van der Waals surface area contributed by atoms with Gasteiger partial charge in [0, 0.05) is 19.2 Å². The van der Waals surface area contributed by atoms with Crippen LogP contribution in [-0.4, -0.2) is 16.6 Å². The van der Waals surface area contributed by atoms with Crippen molar-refractivity contribution in [3.05, 3.63) is 40.8 Å². The van der Waals surface area contributed by atoms with E-state index in [4.69, 9.17) is 4.98 Å². The molecule has 100 valence electrons. The molecule has 1 aliphatic carbocycles. The van der Waals surface area contributed by atoms with Crippen molar-refractivity contribution in [1.82, 2.24) is 14.9 Å². The van der Waals surface area contributed by atoms with Crippen molar-refractivity contribution in [3.8, 4) is 11.3 Å². The molecular formula is C16H21N3. The Bertz CT molecular complexity index is 611. The third-order valence-electron chi connectivity index (χ3n) is 4.15. The fourth-order valence-corrected chi connectivity index (χ4v) is 2.98. The Morgan fingerprint density at radius 3 is 2.84 bits per heavy atom. The standard InChI is InChI=1S/C16H21N3/c1-11-18-16(15(10-17-2)19(11)3)14-8-7-12-5-4-6-13(12)9-14/h7-9,17H,4-6,10H2,1-3H3. The highest BCUT2D eigenvalue weighted by Crippen LogP contribution is 2.29. The van der Waals surface area contributed by atoms with Gasteiger partial charge in [0.15, 0.2) is 0 Å². The smallest absolute Gasteiger partial charge is 0.106 e. The van der Waals surface area contributed by atoms with Gasteiger partial charge in [-0.15, -0.1) is 0 Å². The van der Waals surface area contributed by atoms with Crippen molar-refractivity contribution in [2.45, 2.75) is 32.7 Å². The second-order valence-corrected chi connectivity index (χ2v) is 5.38. The minimum absolute atomic E-state index is 0.851. The number of nitrogens with one attached hydrogen (secondary N) is 1. The molecule has 2 aromatic rings. The van der Waals surface area contributed by atoms with E-state index < -0.39 is 0 Å². The van der Waals surface area contributed by atoms with Gasteiger partial charge in [0.05, 0.1) is 11.4 Å². The lowest BCUT2D eigenvalue weighted by atomic mass is 10.0. The molecule has 0 radical (unpaired) electrons. The van der Waals surface area contributed by atoms with Crippen LogP contribution in [0.5, 0.6) is 0 Å². The SMILES string of the molecule is CNCc1c(-c2ccc3c(c2)CCC3)nc(C)n1C. The van der Waals surface area contributed by atoms with Crippen molar-refractivity contribution in [2.24, 2.45) is 7.05 Å². The molecule has 3 heteroatoms. The normalized spacial score (nSPS) is 13.8. The van der Waals surface area contributed by atoms with E-state index in [1.54, 1.807) is 0 Å². The number of hydrogen-bond acceptors (Lipinski definition) is 2. The van der Waals surface area contributed by atoms with Crippen LogP contribution in [0, 0.1) is 6.92 Å². The molecule has 0 bridgehead atoms. The third-order valence-corrected chi connectivity index (χ3v) is 4.15. The van der Waals surface area contributed by atoms with Gasteiger partial charge in [-0.3, -0.25) is 0 Å². The summed E-state index contributed by atoms with van der Waals surface area (Å²) >= 11 is 0. The molecule has 19 heavy (non-hydrogen) atoms. The Labute approximate surface area is 114 Å². The van der Waals surface area contributed by atoms with Gasteiger partial charge in [-0.2, -0.15) is 0 Å². The number of rotatable bonds is 3. The molecule has 3 rings (SSSR count). The zero-order valence-corrected chi connectivity index (χ0v) is 12.0. The maximum Gasteiger partial charge on any atom is 0.106 e. The fourth-order valence-electron chi connectivity index (χ4n) is 2.98. The van der Waals surface area contributed by atoms with Crippen LogP contribution in [0.25, 0.3) is 11.3 Å². The van der Waals surface area contributed by atoms with Gasteiger partial charge in [0.25, 0.3) is 0 Å². The molecule has 0 spiro atoms. The van der Waals surface area contributed by atoms with Gasteiger partial charge >= 0.3 is 0 Å². The van der Waals surface area contributed by atoms with Gasteiger partial charge < -0.3 is 9.88 Å². The summed E-state index contributed by atoms with van der Waals surface area (Å²) in [6, 6.07) is 6.85. The van der Waals surface area contributed by atoms with Gasteiger partial charge in [-0.25, -0.2) is 4.98 Å². The number of imidazole rings is 1. The number of aromatic nitrogens is 2. The topological polar surface area (TPSA) is 29.9 Å². The second kappa shape index (κ2) is 4.82. The molecule has 0 saturated carbocycles. The minimum atomic E-state index is 0.851. The highest BCUT2D eigenvalue weighted by atomic mass is 15.1. The summed E-state index contributed by atoms with van der Waals surface area (Å²) in [6.07, 6.45) is 3.75. The lowest BCUT2D eigenvalue weighted by Gasteiger charge is -2.07. The molecule has 0 fully saturated rings. The Hall–Kier alpha value is -1.61. The largest absolute Gasteiger partial charge is 0.334 e. The van der Waals surface area contributed by atoms with E-state index in [-0.39, 0.29) is 0 Å². The van der Waals surface area contributed by atoms with Crippen LogP contribution in [0.2, 0.25) is 0 Å². The van der Waals surface area contributed by atoms with Crippen LogP contribution in [0.4, 0.5) is 0 Å². The first-order valence-corrected chi connectivity index (χ1v) is 6.99. The van der Waals surface area contributed by atoms with Crippen LogP contribution < -0.4 is 5.32 Å². The molecule has 1 N–H and O–H groups in total. The molecule has 1 aliphatic rings. The molecule has 1 heterocycles. The molecule has 0 unspecified atom stereocenters. The Kier molecular flexibility index (Phi) is 3.15. The highest BCUT2D eigenvalue weighted by molar-refractivity contribution is 5.64. The summed E-state index contributed by atoms with van der Waals surface area (Å²) < 4.78 is 2.18. The van der Waals surface area contributed by atoms with Gasteiger partial charge in [0.1, 0.15) is 5.82 Å². The van der Waals surface area contributed by atoms with Gasteiger partial charge in [0.2, 0.25) is 0 Å². The lowest BCUT2D eigenvalue weighted by molar-refractivity contribution is 0.722. The summed E-state index contributed by atoms with van der Waals surface area (Å²) in [5.41, 5.74) is 6.68. The average molecular weight is 255 g/mol. The predicted molar refractivity (Wildman–Crippen MR) is 78.2 cm³/mol. The molecule has 0 saturated heterocycles. The molecule has 0 atom stereocenters. The second-order valence-electron chi connectivity index (χ2n) is 5.38. The maximum absolute atomic E-state index is 4.75. The first kappa shape index (κ1) is 12.4. The van der Waals surface area contributed by atoms with Crippen molar-refractivity contribution in [3.63, 3.8) is 0 Å². The van der Waals surface area contributed by atoms with E-state index in [1.165, 1.54) is 41.6 Å². The van der Waals surface area contributed by atoms with Crippen LogP contribution in [0.3, 0.4) is 0 Å². The molecular weight excluding hydrogens is 234 g/mol. The van der Waals surface area contributed by atoms with Crippen molar-refractivity contribution >= 4 is 0 Å². The zero-order valence-electron chi connectivity index (χ0n) is 12.0. The van der Waals surface area contributed by atoms with E-state index in [1.807, 2.05) is 7.05 Å². The number of aryl methyl sites for hydroxylation is 3. The van der Waals surface area contributed by atoms with Gasteiger partial charge in [-0.05, 0) is 50.4 Å². The van der Waals surface area contributed by atoms with E-state index >= 15 is 0 Å². The summed E-state index contributed by atoms with van der Waals surface area (Å²) in [7, 11) is 4.07. The van der Waals surface area contributed by atoms with E-state index in [0.717, 1.165) is 18.1 Å². The first-order valence-electron chi connectivity index (χ1n) is 6.99. The number of benzene rings is 1. The van der Waals surface area contributed by atoms with Gasteiger partial charge in [-0.1, -0.05) is 12.1 Å². The summed E-state index contributed by atoms with van der Waals surface area (Å²) in [5, 5.41) is 3.24. The summed E-state index contributed by atoms with van der Waals surface area (Å²) in [5.74, 6) is 1.07. The fraction of sp³-hybridized carbons (Fsp3) is 0.438. The van der Waals surface area contributed by atoms with E-state index in [0.29, 0.717) is 0 Å². The number of hydrogen-bond donors (Lipinski definition) is 1. The Morgan fingerprint density at radius 2 is 2.05 bits per heavy atom. The molecule has 1 aromatic carbocycles. The third kappa shape index (κ3) is 2.08. The first-order chi connectivity index (χ1) is 9.20. The van der Waals surface area contributed by atoms with E-state index in [9.17, 15) is 0 Å². The maximum atomic E-state index is 4.75. The average Bonchev–Trinajstić information content (AvgIpc) is 2.98. The van der Waals surface area contributed by atoms with Crippen molar-refractivity contribution in [1.29, 1.82) is 0 Å².